The van der Waals surface area contributed by atoms with Crippen LogP contribution in [0.4, 0.5) is 0 Å². The van der Waals surface area contributed by atoms with Crippen LogP contribution in [0.1, 0.15) is 23.6 Å². The first-order chi connectivity index (χ1) is 12.7. The summed E-state index contributed by atoms with van der Waals surface area (Å²) in [6, 6.07) is 14.6. The molecule has 1 aromatic heterocycles. The fourth-order valence-corrected chi connectivity index (χ4v) is 4.22. The molecule has 0 saturated carbocycles. The number of hydrogen-bond acceptors (Lipinski definition) is 3. The lowest BCUT2D eigenvalue weighted by atomic mass is 9.95. The van der Waals surface area contributed by atoms with Crippen LogP contribution in [0.15, 0.2) is 54.9 Å². The van der Waals surface area contributed by atoms with Gasteiger partial charge in [-0.3, -0.25) is 9.88 Å². The smallest absolute Gasteiger partial charge is 0.0617 e. The minimum absolute atomic E-state index is 0.109. The van der Waals surface area contributed by atoms with E-state index in [2.05, 4.69) is 45.5 Å². The van der Waals surface area contributed by atoms with Gasteiger partial charge < -0.3 is 5.32 Å². The lowest BCUT2D eigenvalue weighted by molar-refractivity contribution is 0.241. The molecule has 0 radical (unpaired) electrons. The van der Waals surface area contributed by atoms with Gasteiger partial charge in [-0.05, 0) is 53.7 Å². The summed E-state index contributed by atoms with van der Waals surface area (Å²) in [5.74, 6) is 0. The van der Waals surface area contributed by atoms with Crippen molar-refractivity contribution in [1.82, 2.24) is 15.2 Å². The van der Waals surface area contributed by atoms with Crippen LogP contribution in [0, 0.1) is 0 Å². The second-order valence-corrected chi connectivity index (χ2v) is 7.53. The highest BCUT2D eigenvalue weighted by Gasteiger charge is 2.25. The molecule has 1 aliphatic rings. The summed E-state index contributed by atoms with van der Waals surface area (Å²) in [7, 11) is 0. The van der Waals surface area contributed by atoms with Crippen molar-refractivity contribution < 1.29 is 0 Å². The normalized spacial score (nSPS) is 17.2. The standard InChI is InChI=1S/C21H21Cl2N3/c22-18-4-5-19(20(23)13-18)21(26-10-1-7-24-9-11-26)16-2-3-17-14-25-8-6-15(17)12-16/h2-6,8,12-14,21,24H,1,7,9-11H2. The molecule has 2 heterocycles. The van der Waals surface area contributed by atoms with Crippen molar-refractivity contribution in [1.29, 1.82) is 0 Å². The Hall–Kier alpha value is -1.65. The summed E-state index contributed by atoms with van der Waals surface area (Å²) in [5.41, 5.74) is 2.35. The lowest BCUT2D eigenvalue weighted by Crippen LogP contribution is -2.33. The maximum atomic E-state index is 6.62. The molecule has 0 aliphatic carbocycles. The minimum Gasteiger partial charge on any atom is -0.315 e. The maximum Gasteiger partial charge on any atom is 0.0617 e. The second kappa shape index (κ2) is 7.93. The Kier molecular flexibility index (Phi) is 5.41. The SMILES string of the molecule is Clc1ccc(C(c2ccc3cnccc3c2)N2CCCNCC2)c(Cl)c1. The lowest BCUT2D eigenvalue weighted by Gasteiger charge is -2.32. The van der Waals surface area contributed by atoms with Gasteiger partial charge in [0.25, 0.3) is 0 Å². The number of rotatable bonds is 3. The van der Waals surface area contributed by atoms with Crippen molar-refractivity contribution in [2.45, 2.75) is 12.5 Å². The Bertz CT molecular complexity index is 905. The van der Waals surface area contributed by atoms with Crippen LogP contribution in [-0.4, -0.2) is 36.1 Å². The van der Waals surface area contributed by atoms with E-state index in [1.807, 2.05) is 24.5 Å². The predicted octanol–water partition coefficient (Wildman–Crippen LogP) is 4.93. The first-order valence-corrected chi connectivity index (χ1v) is 9.71. The summed E-state index contributed by atoms with van der Waals surface area (Å²) in [4.78, 5) is 6.73. The molecule has 1 atom stereocenters. The van der Waals surface area contributed by atoms with E-state index in [9.17, 15) is 0 Å². The number of nitrogens with zero attached hydrogens (tertiary/aromatic N) is 2. The Morgan fingerprint density at radius 3 is 2.77 bits per heavy atom. The van der Waals surface area contributed by atoms with Gasteiger partial charge in [0.1, 0.15) is 0 Å². The largest absolute Gasteiger partial charge is 0.315 e. The van der Waals surface area contributed by atoms with Crippen LogP contribution in [-0.2, 0) is 0 Å². The van der Waals surface area contributed by atoms with Gasteiger partial charge in [0.15, 0.2) is 0 Å². The number of fused-ring (bicyclic) bond motifs is 1. The zero-order valence-electron chi connectivity index (χ0n) is 14.5. The van der Waals surface area contributed by atoms with E-state index in [0.717, 1.165) is 48.6 Å². The third kappa shape index (κ3) is 3.72. The highest BCUT2D eigenvalue weighted by atomic mass is 35.5. The van der Waals surface area contributed by atoms with Gasteiger partial charge in [-0.15, -0.1) is 0 Å². The van der Waals surface area contributed by atoms with Crippen molar-refractivity contribution in [2.24, 2.45) is 0 Å². The monoisotopic (exact) mass is 385 g/mol. The molecule has 1 unspecified atom stereocenters. The quantitative estimate of drug-likeness (QED) is 0.692. The van der Waals surface area contributed by atoms with Crippen molar-refractivity contribution in [3.05, 3.63) is 76.0 Å². The van der Waals surface area contributed by atoms with Crippen LogP contribution < -0.4 is 5.32 Å². The van der Waals surface area contributed by atoms with Crippen molar-refractivity contribution in [3.63, 3.8) is 0 Å². The molecular formula is C21H21Cl2N3. The van der Waals surface area contributed by atoms with Crippen molar-refractivity contribution in [2.75, 3.05) is 26.2 Å². The summed E-state index contributed by atoms with van der Waals surface area (Å²) < 4.78 is 0. The molecule has 1 N–H and O–H groups in total. The molecule has 1 fully saturated rings. The van der Waals surface area contributed by atoms with Crippen LogP contribution >= 0.6 is 23.2 Å². The second-order valence-electron chi connectivity index (χ2n) is 6.69. The molecular weight excluding hydrogens is 365 g/mol. The van der Waals surface area contributed by atoms with E-state index in [-0.39, 0.29) is 6.04 Å². The molecule has 3 aromatic rings. The average Bonchev–Trinajstić information content (AvgIpc) is 2.93. The van der Waals surface area contributed by atoms with E-state index in [1.165, 1.54) is 10.9 Å². The predicted molar refractivity (Wildman–Crippen MR) is 109 cm³/mol. The third-order valence-corrected chi connectivity index (χ3v) is 5.54. The van der Waals surface area contributed by atoms with E-state index in [4.69, 9.17) is 23.2 Å². The molecule has 3 nitrogen and oxygen atoms in total. The molecule has 0 bridgehead atoms. The van der Waals surface area contributed by atoms with Crippen LogP contribution in [0.3, 0.4) is 0 Å². The highest BCUT2D eigenvalue weighted by molar-refractivity contribution is 6.35. The zero-order chi connectivity index (χ0) is 17.9. The molecule has 134 valence electrons. The van der Waals surface area contributed by atoms with Gasteiger partial charge in [-0.2, -0.15) is 0 Å². The average molecular weight is 386 g/mol. The van der Waals surface area contributed by atoms with Gasteiger partial charge >= 0.3 is 0 Å². The third-order valence-electron chi connectivity index (χ3n) is 4.98. The van der Waals surface area contributed by atoms with Gasteiger partial charge in [0.2, 0.25) is 0 Å². The number of nitrogens with one attached hydrogen (secondary N) is 1. The summed E-state index contributed by atoms with van der Waals surface area (Å²) in [6.07, 6.45) is 4.87. The first kappa shape index (κ1) is 17.7. The van der Waals surface area contributed by atoms with Gasteiger partial charge in [0, 0.05) is 47.5 Å². The van der Waals surface area contributed by atoms with Crippen molar-refractivity contribution >= 4 is 34.0 Å². The number of benzene rings is 2. The van der Waals surface area contributed by atoms with Crippen LogP contribution in [0.5, 0.6) is 0 Å². The molecule has 5 heteroatoms. The van der Waals surface area contributed by atoms with E-state index in [0.29, 0.717) is 5.02 Å². The molecule has 4 rings (SSSR count). The first-order valence-electron chi connectivity index (χ1n) is 8.96. The molecule has 0 spiro atoms. The van der Waals surface area contributed by atoms with Gasteiger partial charge in [-0.25, -0.2) is 0 Å². The molecule has 2 aromatic carbocycles. The number of hydrogen-bond donors (Lipinski definition) is 1. The maximum absolute atomic E-state index is 6.62. The zero-order valence-corrected chi connectivity index (χ0v) is 16.0. The summed E-state index contributed by atoms with van der Waals surface area (Å²) in [5, 5.41) is 7.21. The Morgan fingerprint density at radius 2 is 1.88 bits per heavy atom. The fraction of sp³-hybridized carbons (Fsp3) is 0.286. The molecule has 26 heavy (non-hydrogen) atoms. The number of aromatic nitrogens is 1. The Labute approximate surface area is 163 Å². The molecule has 0 amide bonds. The van der Waals surface area contributed by atoms with Crippen LogP contribution in [0.2, 0.25) is 10.0 Å². The Balaban J connectivity index is 1.82. The number of pyridine rings is 1. The molecule has 1 aliphatic heterocycles. The molecule has 1 saturated heterocycles. The Morgan fingerprint density at radius 1 is 0.962 bits per heavy atom. The highest BCUT2D eigenvalue weighted by Crippen LogP contribution is 2.36. The van der Waals surface area contributed by atoms with E-state index >= 15 is 0 Å². The van der Waals surface area contributed by atoms with E-state index < -0.39 is 0 Å². The van der Waals surface area contributed by atoms with Crippen molar-refractivity contribution in [3.8, 4) is 0 Å². The summed E-state index contributed by atoms with van der Waals surface area (Å²) >= 11 is 12.8. The van der Waals surface area contributed by atoms with Gasteiger partial charge in [-0.1, -0.05) is 41.4 Å². The fourth-order valence-electron chi connectivity index (χ4n) is 3.71. The van der Waals surface area contributed by atoms with Gasteiger partial charge in [0.05, 0.1) is 6.04 Å². The number of halogens is 2. The van der Waals surface area contributed by atoms with E-state index in [1.54, 1.807) is 0 Å². The topological polar surface area (TPSA) is 28.2 Å². The minimum atomic E-state index is 0.109. The van der Waals surface area contributed by atoms with Crippen LogP contribution in [0.25, 0.3) is 10.8 Å². The summed E-state index contributed by atoms with van der Waals surface area (Å²) in [6.45, 7) is 4.06.